The van der Waals surface area contributed by atoms with Crippen molar-refractivity contribution in [3.63, 3.8) is 0 Å². The summed E-state index contributed by atoms with van der Waals surface area (Å²) in [4.78, 5) is 31.7. The lowest BCUT2D eigenvalue weighted by molar-refractivity contribution is -0.121. The molecule has 1 aromatic carbocycles. The number of furan rings is 1. The smallest absolute Gasteiger partial charge is 0.254 e. The molecule has 0 saturated carbocycles. The number of carbonyl (C=O) groups excluding carboxylic acids is 1. The molecular weight excluding hydrogens is 358 g/mol. The van der Waals surface area contributed by atoms with Gasteiger partial charge < -0.3 is 19.5 Å². The zero-order valence-corrected chi connectivity index (χ0v) is 16.1. The number of para-hydroxylation sites is 1. The van der Waals surface area contributed by atoms with Gasteiger partial charge in [0, 0.05) is 23.2 Å². The molecule has 146 valence electrons. The predicted octanol–water partition coefficient (Wildman–Crippen LogP) is 2.83. The third-order valence-corrected chi connectivity index (χ3v) is 4.53. The molecule has 7 nitrogen and oxygen atoms in total. The van der Waals surface area contributed by atoms with Gasteiger partial charge >= 0.3 is 0 Å². The molecular formula is C21H23N3O4. The second-order valence-corrected chi connectivity index (χ2v) is 6.47. The zero-order chi connectivity index (χ0) is 20.1. The normalized spacial score (nSPS) is 11.8. The minimum atomic E-state index is -0.492. The van der Waals surface area contributed by atoms with Crippen molar-refractivity contribution in [1.82, 2.24) is 15.3 Å². The molecule has 0 aliphatic carbocycles. The van der Waals surface area contributed by atoms with Crippen LogP contribution < -0.4 is 15.6 Å². The van der Waals surface area contributed by atoms with Crippen molar-refractivity contribution >= 4 is 5.91 Å². The zero-order valence-electron chi connectivity index (χ0n) is 16.1. The summed E-state index contributed by atoms with van der Waals surface area (Å²) in [5, 5.41) is 2.99. The molecule has 7 heteroatoms. The van der Waals surface area contributed by atoms with E-state index in [9.17, 15) is 9.59 Å². The monoisotopic (exact) mass is 381 g/mol. The van der Waals surface area contributed by atoms with E-state index in [2.05, 4.69) is 15.3 Å². The van der Waals surface area contributed by atoms with Gasteiger partial charge in [0.15, 0.2) is 0 Å². The van der Waals surface area contributed by atoms with Crippen molar-refractivity contribution in [3.8, 4) is 5.75 Å². The summed E-state index contributed by atoms with van der Waals surface area (Å²) in [6.45, 7) is 3.50. The molecule has 0 fully saturated rings. The van der Waals surface area contributed by atoms with E-state index in [4.69, 9.17) is 9.15 Å². The number of aromatic nitrogens is 2. The first-order valence-electron chi connectivity index (χ1n) is 9.01. The number of hydrogen-bond donors (Lipinski definition) is 2. The maximum absolute atomic E-state index is 12.7. The Balaban J connectivity index is 1.78. The predicted molar refractivity (Wildman–Crippen MR) is 104 cm³/mol. The summed E-state index contributed by atoms with van der Waals surface area (Å²) >= 11 is 0. The van der Waals surface area contributed by atoms with Gasteiger partial charge in [-0.15, -0.1) is 0 Å². The Bertz CT molecular complexity index is 1010. The van der Waals surface area contributed by atoms with Gasteiger partial charge in [-0.05, 0) is 38.5 Å². The van der Waals surface area contributed by atoms with E-state index in [1.54, 1.807) is 39.4 Å². The van der Waals surface area contributed by atoms with Gasteiger partial charge in [-0.1, -0.05) is 18.2 Å². The second-order valence-electron chi connectivity index (χ2n) is 6.47. The highest BCUT2D eigenvalue weighted by molar-refractivity contribution is 5.77. The molecule has 28 heavy (non-hydrogen) atoms. The van der Waals surface area contributed by atoms with Crippen molar-refractivity contribution in [3.05, 3.63) is 81.4 Å². The maximum atomic E-state index is 12.7. The number of rotatable bonds is 7. The first-order valence-corrected chi connectivity index (χ1v) is 9.01. The number of ether oxygens (including phenoxy) is 1. The van der Waals surface area contributed by atoms with E-state index in [0.717, 1.165) is 5.56 Å². The fourth-order valence-electron chi connectivity index (χ4n) is 3.18. The fraction of sp³-hybridized carbons (Fsp3) is 0.286. The Morgan fingerprint density at radius 2 is 2.04 bits per heavy atom. The highest BCUT2D eigenvalue weighted by Gasteiger charge is 2.23. The quantitative estimate of drug-likeness (QED) is 0.656. The number of methoxy groups -OCH3 is 1. The molecule has 0 spiro atoms. The van der Waals surface area contributed by atoms with Crippen LogP contribution in [0.5, 0.6) is 5.75 Å². The molecule has 0 aliphatic heterocycles. The molecule has 3 rings (SSSR count). The highest BCUT2D eigenvalue weighted by Crippen LogP contribution is 2.30. The van der Waals surface area contributed by atoms with E-state index in [0.29, 0.717) is 35.0 Å². The van der Waals surface area contributed by atoms with Crippen LogP contribution in [0.3, 0.4) is 0 Å². The third kappa shape index (κ3) is 4.31. The van der Waals surface area contributed by atoms with Crippen molar-refractivity contribution in [2.45, 2.75) is 32.7 Å². The topological polar surface area (TPSA) is 97.2 Å². The summed E-state index contributed by atoms with van der Waals surface area (Å²) in [5.41, 5.74) is 1.75. The van der Waals surface area contributed by atoms with Crippen LogP contribution in [0.25, 0.3) is 0 Å². The first-order chi connectivity index (χ1) is 13.5. The van der Waals surface area contributed by atoms with Crippen molar-refractivity contribution in [2.75, 3.05) is 7.11 Å². The van der Waals surface area contributed by atoms with E-state index in [-0.39, 0.29) is 17.9 Å². The van der Waals surface area contributed by atoms with Gasteiger partial charge in [-0.2, -0.15) is 0 Å². The lowest BCUT2D eigenvalue weighted by Crippen LogP contribution is -2.30. The Hall–Kier alpha value is -3.35. The summed E-state index contributed by atoms with van der Waals surface area (Å²) in [5.74, 6) is 1.61. The Kier molecular flexibility index (Phi) is 5.93. The van der Waals surface area contributed by atoms with Crippen LogP contribution in [0, 0.1) is 13.8 Å². The molecule has 1 unspecified atom stereocenters. The van der Waals surface area contributed by atoms with Crippen LogP contribution in [-0.4, -0.2) is 23.0 Å². The molecule has 1 atom stereocenters. The number of aromatic amines is 1. The van der Waals surface area contributed by atoms with E-state index in [1.165, 1.54) is 0 Å². The van der Waals surface area contributed by atoms with Crippen molar-refractivity contribution < 1.29 is 13.9 Å². The van der Waals surface area contributed by atoms with Gasteiger partial charge in [0.1, 0.15) is 23.4 Å². The van der Waals surface area contributed by atoms with Crippen LogP contribution in [0.2, 0.25) is 0 Å². The minimum absolute atomic E-state index is 0.154. The second kappa shape index (κ2) is 8.56. The fourth-order valence-corrected chi connectivity index (χ4v) is 3.18. The molecule has 0 saturated heterocycles. The average molecular weight is 381 g/mol. The van der Waals surface area contributed by atoms with E-state index in [1.807, 2.05) is 24.3 Å². The van der Waals surface area contributed by atoms with Gasteiger partial charge in [0.2, 0.25) is 5.91 Å². The first kappa shape index (κ1) is 19.4. The Labute approximate surface area is 162 Å². The van der Waals surface area contributed by atoms with Crippen molar-refractivity contribution in [1.29, 1.82) is 0 Å². The summed E-state index contributed by atoms with van der Waals surface area (Å²) in [7, 11) is 1.58. The molecule has 0 radical (unpaired) electrons. The van der Waals surface area contributed by atoms with E-state index >= 15 is 0 Å². The lowest BCUT2D eigenvalue weighted by Gasteiger charge is -2.19. The largest absolute Gasteiger partial charge is 0.496 e. The Morgan fingerprint density at radius 3 is 2.71 bits per heavy atom. The number of nitrogens with zero attached hydrogens (tertiary/aromatic N) is 1. The summed E-state index contributed by atoms with van der Waals surface area (Å²) in [6.07, 6.45) is 2.02. The van der Waals surface area contributed by atoms with Crippen LogP contribution in [0.1, 0.15) is 40.9 Å². The van der Waals surface area contributed by atoms with Gasteiger partial charge in [0.05, 0.1) is 13.4 Å². The molecule has 2 N–H and O–H groups in total. The van der Waals surface area contributed by atoms with Crippen LogP contribution in [-0.2, 0) is 11.2 Å². The number of benzene rings is 1. The highest BCUT2D eigenvalue weighted by atomic mass is 16.5. The third-order valence-electron chi connectivity index (χ3n) is 4.53. The molecule has 2 aromatic heterocycles. The molecule has 1 amide bonds. The number of amides is 1. The lowest BCUT2D eigenvalue weighted by atomic mass is 10.0. The van der Waals surface area contributed by atoms with Crippen LogP contribution >= 0.6 is 0 Å². The van der Waals surface area contributed by atoms with Gasteiger partial charge in [-0.25, -0.2) is 4.98 Å². The molecule has 0 aliphatic rings. The standard InChI is InChI=1S/C21H23N3O4/c1-13-15(21(26)23-14(2)22-13)10-11-19(25)24-20(18-9-6-12-28-18)16-7-4-5-8-17(16)27-3/h4-9,12,20H,10-11H2,1-3H3,(H,24,25)(H,22,23,26). The number of H-pyrrole nitrogens is 1. The molecule has 3 aromatic rings. The minimum Gasteiger partial charge on any atom is -0.496 e. The summed E-state index contributed by atoms with van der Waals surface area (Å²) in [6, 6.07) is 10.5. The number of nitrogens with one attached hydrogen (secondary N) is 2. The average Bonchev–Trinajstić information content (AvgIpc) is 3.19. The Morgan fingerprint density at radius 1 is 1.25 bits per heavy atom. The van der Waals surface area contributed by atoms with E-state index < -0.39 is 6.04 Å². The van der Waals surface area contributed by atoms with Crippen LogP contribution in [0.4, 0.5) is 0 Å². The summed E-state index contributed by atoms with van der Waals surface area (Å²) < 4.78 is 11.0. The molecule has 0 bridgehead atoms. The van der Waals surface area contributed by atoms with Gasteiger partial charge in [-0.3, -0.25) is 9.59 Å². The number of carbonyl (C=O) groups is 1. The SMILES string of the molecule is COc1ccccc1C(NC(=O)CCc1c(C)nc(C)[nH]c1=O)c1ccco1. The number of aryl methyl sites for hydroxylation is 2. The number of hydrogen-bond acceptors (Lipinski definition) is 5. The molecule has 2 heterocycles. The van der Waals surface area contributed by atoms with Crippen molar-refractivity contribution in [2.24, 2.45) is 0 Å². The van der Waals surface area contributed by atoms with Crippen LogP contribution in [0.15, 0.2) is 51.9 Å². The maximum Gasteiger partial charge on any atom is 0.254 e. The van der Waals surface area contributed by atoms with Gasteiger partial charge in [0.25, 0.3) is 5.56 Å².